The summed E-state index contributed by atoms with van der Waals surface area (Å²) < 4.78 is 71.8. The van der Waals surface area contributed by atoms with Gasteiger partial charge in [0.1, 0.15) is 12.4 Å². The number of nitrogens with zero attached hydrogens (tertiary/aromatic N) is 1. The number of hydrogen-bond acceptors (Lipinski definition) is 3. The van der Waals surface area contributed by atoms with Crippen molar-refractivity contribution in [3.05, 3.63) is 29.6 Å². The van der Waals surface area contributed by atoms with E-state index in [-0.39, 0.29) is 0 Å². The molecule has 5 nitrogen and oxygen atoms in total. The van der Waals surface area contributed by atoms with E-state index in [1.165, 1.54) is 0 Å². The average molecular weight is 314 g/mol. The molecule has 0 aliphatic heterocycles. The van der Waals surface area contributed by atoms with Crippen molar-refractivity contribution in [2.24, 2.45) is 5.14 Å². The Hall–Kier alpha value is -1.68. The minimum absolute atomic E-state index is 0.293. The highest BCUT2D eigenvalue weighted by atomic mass is 32.2. The van der Waals surface area contributed by atoms with Gasteiger partial charge in [-0.3, -0.25) is 4.79 Å². The van der Waals surface area contributed by atoms with Crippen LogP contribution < -0.4 is 5.14 Å². The summed E-state index contributed by atoms with van der Waals surface area (Å²) in [6, 6.07) is 1.91. The normalized spacial score (nSPS) is 12.3. The maximum atomic E-state index is 13.2. The minimum Gasteiger partial charge on any atom is -0.333 e. The minimum atomic E-state index is -4.62. The number of sulfonamides is 1. The smallest absolute Gasteiger partial charge is 0.333 e. The van der Waals surface area contributed by atoms with Crippen LogP contribution >= 0.6 is 0 Å². The number of hydrogen-bond donors (Lipinski definition) is 1. The quantitative estimate of drug-likeness (QED) is 0.849. The Morgan fingerprint density at radius 3 is 2.30 bits per heavy atom. The first kappa shape index (κ1) is 16.4. The second kappa shape index (κ2) is 5.37. The lowest BCUT2D eigenvalue weighted by atomic mass is 10.2. The van der Waals surface area contributed by atoms with Crippen LogP contribution in [0.1, 0.15) is 10.4 Å². The van der Waals surface area contributed by atoms with Crippen LogP contribution in [0, 0.1) is 5.82 Å². The zero-order valence-electron chi connectivity index (χ0n) is 10.1. The molecule has 1 aromatic rings. The molecule has 0 fully saturated rings. The van der Waals surface area contributed by atoms with Crippen molar-refractivity contribution < 1.29 is 30.8 Å². The number of amides is 1. The van der Waals surface area contributed by atoms with Gasteiger partial charge in [0.25, 0.3) is 5.91 Å². The molecule has 0 radical (unpaired) electrons. The largest absolute Gasteiger partial charge is 0.406 e. The van der Waals surface area contributed by atoms with Gasteiger partial charge in [-0.2, -0.15) is 13.2 Å². The predicted molar refractivity (Wildman–Crippen MR) is 60.8 cm³/mol. The monoisotopic (exact) mass is 314 g/mol. The summed E-state index contributed by atoms with van der Waals surface area (Å²) in [5, 5.41) is 4.77. The first-order chi connectivity index (χ1) is 8.90. The van der Waals surface area contributed by atoms with Gasteiger partial charge in [0, 0.05) is 12.6 Å². The number of rotatable bonds is 3. The molecule has 0 atom stereocenters. The summed E-state index contributed by atoms with van der Waals surface area (Å²) in [6.07, 6.45) is -4.62. The fraction of sp³-hybridized carbons (Fsp3) is 0.300. The topological polar surface area (TPSA) is 80.5 Å². The highest BCUT2D eigenvalue weighted by molar-refractivity contribution is 7.89. The maximum Gasteiger partial charge on any atom is 0.406 e. The summed E-state index contributed by atoms with van der Waals surface area (Å²) in [5.74, 6) is -2.27. The molecule has 0 bridgehead atoms. The van der Waals surface area contributed by atoms with Crippen LogP contribution in [0.4, 0.5) is 17.6 Å². The Kier molecular flexibility index (Phi) is 4.39. The van der Waals surface area contributed by atoms with E-state index in [0.29, 0.717) is 23.1 Å². The van der Waals surface area contributed by atoms with E-state index in [1.807, 2.05) is 0 Å². The van der Waals surface area contributed by atoms with Crippen LogP contribution in [0.25, 0.3) is 0 Å². The fourth-order valence-corrected chi connectivity index (χ4v) is 1.98. The molecule has 0 aromatic heterocycles. The molecule has 0 heterocycles. The highest BCUT2D eigenvalue weighted by Crippen LogP contribution is 2.19. The molecule has 1 amide bonds. The number of primary sulfonamides is 1. The first-order valence-corrected chi connectivity index (χ1v) is 6.60. The molecular formula is C10H10F4N2O3S. The van der Waals surface area contributed by atoms with Gasteiger partial charge in [0.05, 0.1) is 4.90 Å². The molecule has 1 rings (SSSR count). The van der Waals surface area contributed by atoms with Gasteiger partial charge in [-0.25, -0.2) is 17.9 Å². The van der Waals surface area contributed by atoms with Gasteiger partial charge in [-0.05, 0) is 18.2 Å². The third-order valence-electron chi connectivity index (χ3n) is 2.21. The third kappa shape index (κ3) is 4.46. The van der Waals surface area contributed by atoms with E-state index in [0.717, 1.165) is 7.05 Å². The summed E-state index contributed by atoms with van der Waals surface area (Å²) in [7, 11) is -3.42. The third-order valence-corrected chi connectivity index (χ3v) is 3.10. The molecule has 10 heteroatoms. The van der Waals surface area contributed by atoms with Crippen LogP contribution in [0.2, 0.25) is 0 Å². The van der Waals surface area contributed by atoms with Crippen molar-refractivity contribution in [3.63, 3.8) is 0 Å². The number of halogens is 4. The van der Waals surface area contributed by atoms with Crippen LogP contribution in [0.15, 0.2) is 23.1 Å². The number of nitrogens with two attached hydrogens (primary N) is 1. The molecule has 1 aromatic carbocycles. The summed E-state index contributed by atoms with van der Waals surface area (Å²) in [5.41, 5.74) is -0.541. The lowest BCUT2D eigenvalue weighted by molar-refractivity contribution is -0.138. The van der Waals surface area contributed by atoms with Crippen molar-refractivity contribution in [1.29, 1.82) is 0 Å². The molecule has 0 unspecified atom stereocenters. The van der Waals surface area contributed by atoms with E-state index >= 15 is 0 Å². The Labute approximate surface area is 112 Å². The van der Waals surface area contributed by atoms with Gasteiger partial charge in [0.15, 0.2) is 0 Å². The van der Waals surface area contributed by atoms with E-state index in [4.69, 9.17) is 5.14 Å². The van der Waals surface area contributed by atoms with Crippen LogP contribution in [0.5, 0.6) is 0 Å². The number of carbonyl (C=O) groups is 1. The van der Waals surface area contributed by atoms with E-state index in [2.05, 4.69) is 0 Å². The molecule has 112 valence electrons. The van der Waals surface area contributed by atoms with Crippen molar-refractivity contribution in [2.75, 3.05) is 13.6 Å². The van der Waals surface area contributed by atoms with Gasteiger partial charge < -0.3 is 4.90 Å². The summed E-state index contributed by atoms with van der Waals surface area (Å²) in [4.78, 5) is 11.3. The number of benzene rings is 1. The molecule has 0 aliphatic carbocycles. The Bertz CT molecular complexity index is 628. The standard InChI is InChI=1S/C10H10F4N2O3S/c1-16(5-10(12,13)14)9(17)6-2-7(11)4-8(3-6)20(15,18)19/h2-4H,5H2,1H3,(H2,15,18,19). The molecule has 2 N–H and O–H groups in total. The molecule has 0 saturated heterocycles. The van der Waals surface area contributed by atoms with Crippen molar-refractivity contribution in [3.8, 4) is 0 Å². The average Bonchev–Trinajstić information content (AvgIpc) is 2.23. The second-order valence-corrected chi connectivity index (χ2v) is 5.56. The first-order valence-electron chi connectivity index (χ1n) is 5.06. The fourth-order valence-electron chi connectivity index (χ4n) is 1.41. The van der Waals surface area contributed by atoms with Gasteiger partial charge in [-0.1, -0.05) is 0 Å². The molecule has 0 aliphatic rings. The maximum absolute atomic E-state index is 13.2. The molecule has 0 spiro atoms. The van der Waals surface area contributed by atoms with Gasteiger partial charge in [0.2, 0.25) is 10.0 Å². The number of alkyl halides is 3. The highest BCUT2D eigenvalue weighted by Gasteiger charge is 2.31. The van der Waals surface area contributed by atoms with E-state index in [1.54, 1.807) is 0 Å². The summed E-state index contributed by atoms with van der Waals surface area (Å²) >= 11 is 0. The van der Waals surface area contributed by atoms with E-state index in [9.17, 15) is 30.8 Å². The van der Waals surface area contributed by atoms with Gasteiger partial charge >= 0.3 is 6.18 Å². The lowest BCUT2D eigenvalue weighted by Crippen LogP contribution is -2.36. The molecular weight excluding hydrogens is 304 g/mol. The number of carbonyl (C=O) groups excluding carboxylic acids is 1. The van der Waals surface area contributed by atoms with Crippen molar-refractivity contribution in [1.82, 2.24) is 4.90 Å². The summed E-state index contributed by atoms with van der Waals surface area (Å²) in [6.45, 7) is -1.55. The van der Waals surface area contributed by atoms with Crippen LogP contribution in [-0.4, -0.2) is 39.0 Å². The van der Waals surface area contributed by atoms with Gasteiger partial charge in [-0.15, -0.1) is 0 Å². The SMILES string of the molecule is CN(CC(F)(F)F)C(=O)c1cc(F)cc(S(N)(=O)=O)c1. The Morgan fingerprint density at radius 1 is 1.30 bits per heavy atom. The van der Waals surface area contributed by atoms with E-state index < -0.39 is 44.9 Å². The molecule has 20 heavy (non-hydrogen) atoms. The van der Waals surface area contributed by atoms with Crippen molar-refractivity contribution in [2.45, 2.75) is 11.1 Å². The van der Waals surface area contributed by atoms with Crippen LogP contribution in [0.3, 0.4) is 0 Å². The zero-order chi connectivity index (χ0) is 15.7. The zero-order valence-corrected chi connectivity index (χ0v) is 10.9. The van der Waals surface area contributed by atoms with Crippen LogP contribution in [-0.2, 0) is 10.0 Å². The molecule has 0 saturated carbocycles. The van der Waals surface area contributed by atoms with Crippen molar-refractivity contribution >= 4 is 15.9 Å². The predicted octanol–water partition coefficient (Wildman–Crippen LogP) is 1.11. The Balaban J connectivity index is 3.14. The lowest BCUT2D eigenvalue weighted by Gasteiger charge is -2.19. The Morgan fingerprint density at radius 2 is 1.85 bits per heavy atom. The second-order valence-electron chi connectivity index (χ2n) is 4.00.